The summed E-state index contributed by atoms with van der Waals surface area (Å²) in [4.78, 5) is 9.56. The van der Waals surface area contributed by atoms with Gasteiger partial charge in [-0.1, -0.05) is 113 Å². The second-order valence-electron chi connectivity index (χ2n) is 21.2. The fourth-order valence-corrected chi connectivity index (χ4v) is 14.9. The summed E-state index contributed by atoms with van der Waals surface area (Å²) < 4.78 is 6.65. The molecule has 13 rings (SSSR count). The molecule has 6 heteroatoms. The molecule has 0 amide bonds. The van der Waals surface area contributed by atoms with Gasteiger partial charge in [-0.15, -0.1) is 0 Å². The summed E-state index contributed by atoms with van der Waals surface area (Å²) in [5.74, 6) is 3.31. The van der Waals surface area contributed by atoms with Gasteiger partial charge in [0.15, 0.2) is 11.5 Å². The number of anilines is 7. The van der Waals surface area contributed by atoms with E-state index in [1.54, 1.807) is 5.56 Å². The maximum Gasteiger partial charge on any atom is 0.252 e. The van der Waals surface area contributed by atoms with E-state index in [1.165, 1.54) is 105 Å². The van der Waals surface area contributed by atoms with Gasteiger partial charge in [-0.3, -0.25) is 0 Å². The lowest BCUT2D eigenvalue weighted by atomic mass is 9.32. The first-order chi connectivity index (χ1) is 29.9. The molecule has 4 aliphatic heterocycles. The molecule has 2 saturated carbocycles. The predicted molar refractivity (Wildman–Crippen MR) is 264 cm³/mol. The highest BCUT2D eigenvalue weighted by Gasteiger charge is 2.65. The highest BCUT2D eigenvalue weighted by molar-refractivity contribution is 8.32. The average molecular weight is 830 g/mol. The molecule has 62 heavy (non-hydrogen) atoms. The van der Waals surface area contributed by atoms with Crippen molar-refractivity contribution in [2.45, 2.75) is 87.5 Å². The Balaban J connectivity index is 1.16. The monoisotopic (exact) mass is 829 g/mol. The van der Waals surface area contributed by atoms with Gasteiger partial charge in [0, 0.05) is 39.3 Å². The molecule has 4 atom stereocenters. The van der Waals surface area contributed by atoms with Crippen LogP contribution >= 0.6 is 10.0 Å². The molecule has 0 bridgehead atoms. The Labute approximate surface area is 370 Å². The summed E-state index contributed by atoms with van der Waals surface area (Å²) in [5.41, 5.74) is 18.6. The summed E-state index contributed by atoms with van der Waals surface area (Å²) in [6.07, 6.45) is 15.2. The zero-order valence-electron chi connectivity index (χ0n) is 37.3. The first kappa shape index (κ1) is 37.2. The number of benzene rings is 6. The van der Waals surface area contributed by atoms with Crippen molar-refractivity contribution in [1.82, 2.24) is 0 Å². The Hall–Kier alpha value is -5.33. The van der Waals surface area contributed by atoms with Crippen LogP contribution < -0.4 is 30.4 Å². The molecular formula is C56H56BN3OS. The molecule has 6 aromatic carbocycles. The van der Waals surface area contributed by atoms with E-state index in [9.17, 15) is 0 Å². The lowest BCUT2D eigenvalue weighted by Gasteiger charge is -2.57. The molecule has 0 N–H and O–H groups in total. The molecule has 4 nitrogen and oxygen atoms in total. The number of nitrogens with zero attached hydrogens (tertiary/aromatic N) is 3. The Morgan fingerprint density at radius 2 is 1.24 bits per heavy atom. The fourth-order valence-electron chi connectivity index (χ4n) is 13.9. The van der Waals surface area contributed by atoms with Crippen molar-refractivity contribution in [2.24, 2.45) is 11.8 Å². The number of fused-ring (bicyclic) bond motifs is 11. The van der Waals surface area contributed by atoms with E-state index in [2.05, 4.69) is 189 Å². The van der Waals surface area contributed by atoms with Gasteiger partial charge in [-0.05, 0) is 149 Å². The van der Waals surface area contributed by atoms with E-state index < -0.39 is 10.0 Å². The van der Waals surface area contributed by atoms with Crippen molar-refractivity contribution in [3.63, 3.8) is 0 Å². The van der Waals surface area contributed by atoms with Crippen LogP contribution in [0.4, 0.5) is 39.8 Å². The molecule has 6 aromatic rings. The topological polar surface area (TPSA) is 19.0 Å². The van der Waals surface area contributed by atoms with E-state index in [1.807, 2.05) is 0 Å². The first-order valence-corrected chi connectivity index (χ1v) is 25.9. The van der Waals surface area contributed by atoms with Crippen molar-refractivity contribution in [2.75, 3.05) is 33.5 Å². The summed E-state index contributed by atoms with van der Waals surface area (Å²) in [7, 11) is -0.910. The van der Waals surface area contributed by atoms with Crippen LogP contribution in [0.15, 0.2) is 138 Å². The maximum absolute atomic E-state index is 6.65. The van der Waals surface area contributed by atoms with Crippen LogP contribution in [-0.4, -0.2) is 31.0 Å². The highest BCUT2D eigenvalue weighted by Crippen LogP contribution is 2.67. The number of hydrogen-bond donors (Lipinski definition) is 0. The van der Waals surface area contributed by atoms with Crippen molar-refractivity contribution < 1.29 is 4.74 Å². The minimum Gasteiger partial charge on any atom is -0.453 e. The Morgan fingerprint density at radius 3 is 1.95 bits per heavy atom. The smallest absolute Gasteiger partial charge is 0.252 e. The van der Waals surface area contributed by atoms with Crippen LogP contribution in [-0.2, 0) is 10.8 Å². The van der Waals surface area contributed by atoms with Crippen LogP contribution in [0.5, 0.6) is 11.5 Å². The molecule has 2 fully saturated rings. The van der Waals surface area contributed by atoms with Crippen LogP contribution in [0.25, 0.3) is 5.47 Å². The lowest BCUT2D eigenvalue weighted by molar-refractivity contribution is 0.0581. The van der Waals surface area contributed by atoms with Crippen LogP contribution in [0.2, 0.25) is 0 Å². The molecule has 4 heterocycles. The normalized spacial score (nSPS) is 25.7. The standard InChI is InChI=1S/C56H56BN3OS/c1-54(2)41-20-11-10-19-40(41)50-53(54)59(37-27-29-39(30-28-37)62(5,6)7)46-31-38(58-44-23-12-14-25-48(44)61-49-26-15-13-24-45(49)58)32-47-51(46)57(50)43-22-16-21-42-52(43)60(47)56(4)34-36-18-9-8-17-35(36)33-55(42,56)3/h10-16,19-32,35-36H,8-9,17-18,33-34H2,1-7H3. The van der Waals surface area contributed by atoms with Gasteiger partial charge in [0.05, 0.1) is 22.6 Å². The molecule has 0 spiro atoms. The summed E-state index contributed by atoms with van der Waals surface area (Å²) >= 11 is 0. The van der Waals surface area contributed by atoms with Crippen molar-refractivity contribution in [3.8, 4) is 11.5 Å². The quantitative estimate of drug-likeness (QED) is 0.165. The summed E-state index contributed by atoms with van der Waals surface area (Å²) in [5, 5.41) is 0. The zero-order valence-corrected chi connectivity index (χ0v) is 38.1. The van der Waals surface area contributed by atoms with Gasteiger partial charge in [-0.25, -0.2) is 10.0 Å². The maximum atomic E-state index is 6.65. The minimum atomic E-state index is -0.910. The average Bonchev–Trinajstić information content (AvgIpc) is 3.63. The van der Waals surface area contributed by atoms with E-state index in [0.717, 1.165) is 34.7 Å². The molecule has 0 aromatic heterocycles. The van der Waals surface area contributed by atoms with Gasteiger partial charge in [0.2, 0.25) is 0 Å². The van der Waals surface area contributed by atoms with Gasteiger partial charge in [0.1, 0.15) is 0 Å². The van der Waals surface area contributed by atoms with Crippen molar-refractivity contribution >= 4 is 73.0 Å². The highest BCUT2D eigenvalue weighted by atomic mass is 32.3. The summed E-state index contributed by atoms with van der Waals surface area (Å²) in [6.45, 7) is 10.4. The Morgan fingerprint density at radius 1 is 0.613 bits per heavy atom. The van der Waals surface area contributed by atoms with Crippen LogP contribution in [0.1, 0.15) is 82.9 Å². The molecular weight excluding hydrogens is 774 g/mol. The third-order valence-corrected chi connectivity index (χ3v) is 18.6. The number of ether oxygens (including phenoxy) is 1. The number of allylic oxidation sites excluding steroid dienone is 1. The first-order valence-electron chi connectivity index (χ1n) is 23.1. The summed E-state index contributed by atoms with van der Waals surface area (Å²) in [6, 6.07) is 48.8. The van der Waals surface area contributed by atoms with Gasteiger partial charge >= 0.3 is 0 Å². The predicted octanol–water partition coefficient (Wildman–Crippen LogP) is 13.4. The number of hydrogen-bond acceptors (Lipinski definition) is 4. The van der Waals surface area contributed by atoms with Crippen molar-refractivity contribution in [3.05, 3.63) is 150 Å². The molecule has 0 radical (unpaired) electrons. The fraction of sp³-hybridized carbons (Fsp3) is 0.321. The van der Waals surface area contributed by atoms with Gasteiger partial charge in [-0.2, -0.15) is 0 Å². The second kappa shape index (κ2) is 12.4. The molecule has 310 valence electrons. The third kappa shape index (κ3) is 4.67. The van der Waals surface area contributed by atoms with Crippen LogP contribution in [0.3, 0.4) is 0 Å². The van der Waals surface area contributed by atoms with Gasteiger partial charge in [0.25, 0.3) is 6.71 Å². The van der Waals surface area contributed by atoms with E-state index >= 15 is 0 Å². The Kier molecular flexibility index (Phi) is 7.47. The lowest BCUT2D eigenvalue weighted by Crippen LogP contribution is -2.63. The molecule has 3 aliphatic carbocycles. The van der Waals surface area contributed by atoms with Crippen molar-refractivity contribution in [1.29, 1.82) is 0 Å². The molecule has 7 aliphatic rings. The van der Waals surface area contributed by atoms with E-state index in [0.29, 0.717) is 0 Å². The van der Waals surface area contributed by atoms with Crippen LogP contribution in [0, 0.1) is 11.8 Å². The second-order valence-corrected chi connectivity index (χ2v) is 25.3. The number of para-hydroxylation sites is 5. The Bertz CT molecular complexity index is 2900. The van der Waals surface area contributed by atoms with E-state index in [-0.39, 0.29) is 23.1 Å². The molecule has 4 unspecified atom stereocenters. The number of rotatable bonds is 3. The zero-order chi connectivity index (χ0) is 42.1. The molecule has 0 saturated heterocycles. The third-order valence-electron chi connectivity index (χ3n) is 16.9. The van der Waals surface area contributed by atoms with E-state index in [4.69, 9.17) is 4.74 Å². The largest absolute Gasteiger partial charge is 0.453 e. The van der Waals surface area contributed by atoms with Gasteiger partial charge < -0.3 is 19.4 Å². The minimum absolute atomic E-state index is 0.0142. The SMILES string of the molecule is CC1(C)C2=C(B3c4cccc5c4N(c4cc(N6c7ccccc7Oc7ccccc76)cc(c43)N2c2ccc(S(C)(C)C)cc2)C2(C)CC3CCCCC3CC52C)c2ccccc21.